The Morgan fingerprint density at radius 2 is 1.93 bits per heavy atom. The molecular formula is C20H31N5O2. The molecule has 7 heteroatoms. The number of carbonyl (C=O) groups excluding carboxylic acids is 2. The van der Waals surface area contributed by atoms with Gasteiger partial charge in [0.25, 0.3) is 0 Å². The van der Waals surface area contributed by atoms with Crippen LogP contribution in [0.3, 0.4) is 0 Å². The highest BCUT2D eigenvalue weighted by Gasteiger charge is 2.27. The second-order valence-electron chi connectivity index (χ2n) is 7.51. The van der Waals surface area contributed by atoms with E-state index >= 15 is 0 Å². The van der Waals surface area contributed by atoms with Crippen molar-refractivity contribution in [3.8, 4) is 0 Å². The van der Waals surface area contributed by atoms with Crippen LogP contribution < -0.4 is 5.32 Å². The van der Waals surface area contributed by atoms with Crippen molar-refractivity contribution in [2.75, 3.05) is 46.3 Å². The summed E-state index contributed by atoms with van der Waals surface area (Å²) in [5.41, 5.74) is 0.960. The largest absolute Gasteiger partial charge is 0.344 e. The van der Waals surface area contributed by atoms with E-state index in [0.29, 0.717) is 19.0 Å². The van der Waals surface area contributed by atoms with Crippen LogP contribution in [0.25, 0.3) is 0 Å². The number of aromatic nitrogens is 1. The van der Waals surface area contributed by atoms with E-state index in [1.54, 1.807) is 18.1 Å². The predicted molar refractivity (Wildman–Crippen MR) is 104 cm³/mol. The van der Waals surface area contributed by atoms with Crippen molar-refractivity contribution in [1.29, 1.82) is 0 Å². The highest BCUT2D eigenvalue weighted by atomic mass is 16.2. The summed E-state index contributed by atoms with van der Waals surface area (Å²) >= 11 is 0. The summed E-state index contributed by atoms with van der Waals surface area (Å²) in [6.45, 7) is 4.00. The van der Waals surface area contributed by atoms with Crippen LogP contribution in [0.5, 0.6) is 0 Å². The second kappa shape index (κ2) is 9.69. The Morgan fingerprint density at radius 1 is 1.19 bits per heavy atom. The van der Waals surface area contributed by atoms with Gasteiger partial charge in [0, 0.05) is 64.1 Å². The molecule has 0 unspecified atom stereocenters. The first kappa shape index (κ1) is 19.6. The Hall–Kier alpha value is -2.15. The maximum absolute atomic E-state index is 12.3. The lowest BCUT2D eigenvalue weighted by molar-refractivity contribution is -0.128. The van der Waals surface area contributed by atoms with Crippen molar-refractivity contribution in [3.63, 3.8) is 0 Å². The van der Waals surface area contributed by atoms with Gasteiger partial charge in [-0.05, 0) is 25.0 Å². The van der Waals surface area contributed by atoms with Crippen LogP contribution in [0.2, 0.25) is 0 Å². The number of hydrogen-bond donors (Lipinski definition) is 1. The molecule has 1 aliphatic heterocycles. The molecule has 3 amide bonds. The van der Waals surface area contributed by atoms with Gasteiger partial charge in [-0.1, -0.05) is 18.9 Å². The molecule has 1 aromatic rings. The molecule has 2 aliphatic rings. The molecule has 0 aromatic carbocycles. The predicted octanol–water partition coefficient (Wildman–Crippen LogP) is 1.35. The summed E-state index contributed by atoms with van der Waals surface area (Å²) < 4.78 is 0. The molecule has 1 aromatic heterocycles. The normalized spacial score (nSPS) is 18.5. The first-order valence-corrected chi connectivity index (χ1v) is 10.0. The summed E-state index contributed by atoms with van der Waals surface area (Å²) in [5.74, 6) is -0.0797. The molecule has 7 nitrogen and oxygen atoms in total. The quantitative estimate of drug-likeness (QED) is 0.817. The molecule has 27 heavy (non-hydrogen) atoms. The fraction of sp³-hybridized carbons (Fsp3) is 0.650. The van der Waals surface area contributed by atoms with Gasteiger partial charge in [-0.25, -0.2) is 4.79 Å². The van der Waals surface area contributed by atoms with Crippen LogP contribution in [-0.2, 0) is 11.2 Å². The zero-order chi connectivity index (χ0) is 19.1. The highest BCUT2D eigenvalue weighted by molar-refractivity contribution is 5.83. The molecule has 0 atom stereocenters. The summed E-state index contributed by atoms with van der Waals surface area (Å²) in [5, 5.41) is 2.78. The van der Waals surface area contributed by atoms with E-state index in [4.69, 9.17) is 0 Å². The number of hydrogen-bond acceptors (Lipinski definition) is 4. The number of nitrogens with one attached hydrogen (secondary N) is 1. The Balaban J connectivity index is 1.34. The fourth-order valence-corrected chi connectivity index (χ4v) is 3.91. The van der Waals surface area contributed by atoms with E-state index in [1.165, 1.54) is 25.7 Å². The van der Waals surface area contributed by atoms with Gasteiger partial charge in [-0.2, -0.15) is 0 Å². The SMILES string of the molecule is CN(CCc1ccccn1)C(=O)CNC(=O)N1CCN(C2CCCC2)CC1. The molecular weight excluding hydrogens is 342 g/mol. The van der Waals surface area contributed by atoms with Crippen molar-refractivity contribution in [2.45, 2.75) is 38.1 Å². The van der Waals surface area contributed by atoms with Gasteiger partial charge in [0.1, 0.15) is 0 Å². The van der Waals surface area contributed by atoms with Gasteiger partial charge < -0.3 is 15.1 Å². The van der Waals surface area contributed by atoms with Crippen LogP contribution in [-0.4, -0.2) is 84.0 Å². The van der Waals surface area contributed by atoms with Gasteiger partial charge in [-0.3, -0.25) is 14.7 Å². The molecule has 3 rings (SSSR count). The maximum Gasteiger partial charge on any atom is 0.317 e. The number of amides is 3. The molecule has 0 radical (unpaired) electrons. The summed E-state index contributed by atoms with van der Waals surface area (Å²) in [6.07, 6.45) is 7.73. The summed E-state index contributed by atoms with van der Waals surface area (Å²) in [4.78, 5) is 34.8. The van der Waals surface area contributed by atoms with Crippen molar-refractivity contribution >= 4 is 11.9 Å². The molecule has 148 valence electrons. The lowest BCUT2D eigenvalue weighted by Gasteiger charge is -2.38. The Bertz CT molecular complexity index is 610. The standard InChI is InChI=1S/C20H31N5O2/c1-23(11-9-17-6-4-5-10-21-17)19(26)16-22-20(27)25-14-12-24(13-15-25)18-7-2-3-8-18/h4-6,10,18H,2-3,7-9,11-16H2,1H3,(H,22,27). The van der Waals surface area contributed by atoms with E-state index in [-0.39, 0.29) is 18.5 Å². The minimum Gasteiger partial charge on any atom is -0.344 e. The zero-order valence-electron chi connectivity index (χ0n) is 16.3. The Labute approximate surface area is 161 Å². The van der Waals surface area contributed by atoms with Gasteiger partial charge in [0.15, 0.2) is 0 Å². The summed E-state index contributed by atoms with van der Waals surface area (Å²) in [7, 11) is 1.76. The molecule has 0 bridgehead atoms. The third-order valence-electron chi connectivity index (χ3n) is 5.69. The number of pyridine rings is 1. The summed E-state index contributed by atoms with van der Waals surface area (Å²) in [6, 6.07) is 6.35. The Kier molecular flexibility index (Phi) is 7.04. The van der Waals surface area contributed by atoms with Crippen LogP contribution >= 0.6 is 0 Å². The first-order valence-electron chi connectivity index (χ1n) is 10.0. The van der Waals surface area contributed by atoms with Crippen LogP contribution in [0.1, 0.15) is 31.4 Å². The van der Waals surface area contributed by atoms with E-state index in [1.807, 2.05) is 23.1 Å². The molecule has 1 aliphatic carbocycles. The molecule has 1 saturated carbocycles. The van der Waals surface area contributed by atoms with Gasteiger partial charge in [0.05, 0.1) is 6.54 Å². The van der Waals surface area contributed by atoms with E-state index < -0.39 is 0 Å². The number of rotatable bonds is 6. The van der Waals surface area contributed by atoms with Crippen molar-refractivity contribution < 1.29 is 9.59 Å². The minimum atomic E-state index is -0.132. The third-order valence-corrected chi connectivity index (χ3v) is 5.69. The van der Waals surface area contributed by atoms with Crippen LogP contribution in [0, 0.1) is 0 Å². The number of nitrogens with zero attached hydrogens (tertiary/aromatic N) is 4. The van der Waals surface area contributed by atoms with Gasteiger partial charge >= 0.3 is 6.03 Å². The molecule has 0 spiro atoms. The van der Waals surface area contributed by atoms with E-state index in [0.717, 1.165) is 31.9 Å². The van der Waals surface area contributed by atoms with E-state index in [2.05, 4.69) is 15.2 Å². The van der Waals surface area contributed by atoms with Crippen molar-refractivity contribution in [1.82, 2.24) is 25.0 Å². The monoisotopic (exact) mass is 373 g/mol. The number of urea groups is 1. The topological polar surface area (TPSA) is 68.8 Å². The number of likely N-dealkylation sites (N-methyl/N-ethyl adjacent to an activating group) is 1. The molecule has 2 heterocycles. The average molecular weight is 374 g/mol. The highest BCUT2D eigenvalue weighted by Crippen LogP contribution is 2.24. The molecule has 2 fully saturated rings. The van der Waals surface area contributed by atoms with Gasteiger partial charge in [-0.15, -0.1) is 0 Å². The maximum atomic E-state index is 12.3. The molecule has 1 saturated heterocycles. The smallest absolute Gasteiger partial charge is 0.317 e. The number of piperazine rings is 1. The van der Waals surface area contributed by atoms with Crippen LogP contribution in [0.15, 0.2) is 24.4 Å². The van der Waals surface area contributed by atoms with E-state index in [9.17, 15) is 9.59 Å². The number of carbonyl (C=O) groups is 2. The van der Waals surface area contributed by atoms with Gasteiger partial charge in [0.2, 0.25) is 5.91 Å². The zero-order valence-corrected chi connectivity index (χ0v) is 16.3. The van der Waals surface area contributed by atoms with Crippen LogP contribution in [0.4, 0.5) is 4.79 Å². The Morgan fingerprint density at radius 3 is 2.59 bits per heavy atom. The first-order chi connectivity index (χ1) is 13.1. The third kappa shape index (κ3) is 5.66. The minimum absolute atomic E-state index is 0.0421. The fourth-order valence-electron chi connectivity index (χ4n) is 3.91. The van der Waals surface area contributed by atoms with Crippen molar-refractivity contribution in [3.05, 3.63) is 30.1 Å². The lowest BCUT2D eigenvalue weighted by atomic mass is 10.2. The molecule has 1 N–H and O–H groups in total. The second-order valence-corrected chi connectivity index (χ2v) is 7.51. The lowest BCUT2D eigenvalue weighted by Crippen LogP contribution is -2.54. The average Bonchev–Trinajstić information content (AvgIpc) is 3.25. The van der Waals surface area contributed by atoms with Crippen molar-refractivity contribution in [2.24, 2.45) is 0 Å².